The second-order valence-electron chi connectivity index (χ2n) is 3.56. The van der Waals surface area contributed by atoms with E-state index in [0.717, 1.165) is 37.8 Å². The van der Waals surface area contributed by atoms with Crippen molar-refractivity contribution >= 4 is 41.3 Å². The number of hydrogen-bond acceptors (Lipinski definition) is 4. The molecule has 1 rings (SSSR count). The second kappa shape index (κ2) is 10.5. The van der Waals surface area contributed by atoms with Crippen molar-refractivity contribution in [3.8, 4) is 0 Å². The van der Waals surface area contributed by atoms with E-state index >= 15 is 0 Å². The smallest absolute Gasteiger partial charge is 0.191 e. The van der Waals surface area contributed by atoms with Crippen molar-refractivity contribution in [2.75, 3.05) is 27.3 Å². The number of nitrogens with one attached hydrogen (secondary N) is 2. The van der Waals surface area contributed by atoms with Crippen LogP contribution in [0, 0.1) is 6.92 Å². The highest BCUT2D eigenvalue weighted by atomic mass is 127. The molecule has 0 radical (unpaired) electrons. The lowest BCUT2D eigenvalue weighted by Crippen LogP contribution is -2.37. The van der Waals surface area contributed by atoms with E-state index in [1.807, 2.05) is 12.4 Å². The van der Waals surface area contributed by atoms with Gasteiger partial charge < -0.3 is 15.4 Å². The van der Waals surface area contributed by atoms with Gasteiger partial charge in [-0.05, 0) is 13.3 Å². The van der Waals surface area contributed by atoms with Crippen molar-refractivity contribution < 1.29 is 4.74 Å². The van der Waals surface area contributed by atoms with Gasteiger partial charge >= 0.3 is 0 Å². The van der Waals surface area contributed by atoms with Crippen molar-refractivity contribution in [1.29, 1.82) is 0 Å². The molecular weight excluding hydrogens is 363 g/mol. The van der Waals surface area contributed by atoms with Gasteiger partial charge in [-0.2, -0.15) is 0 Å². The number of methoxy groups -OCH3 is 1. The maximum Gasteiger partial charge on any atom is 0.191 e. The number of nitrogens with zero attached hydrogens (tertiary/aromatic N) is 2. The average molecular weight is 384 g/mol. The zero-order valence-electron chi connectivity index (χ0n) is 11.0. The van der Waals surface area contributed by atoms with Gasteiger partial charge in [-0.1, -0.05) is 0 Å². The van der Waals surface area contributed by atoms with Crippen molar-refractivity contribution in [3.63, 3.8) is 0 Å². The summed E-state index contributed by atoms with van der Waals surface area (Å²) in [5.41, 5.74) is 2.94. The first-order valence-corrected chi connectivity index (χ1v) is 6.48. The van der Waals surface area contributed by atoms with Gasteiger partial charge in [0.05, 0.1) is 17.7 Å². The molecule has 0 spiro atoms. The molecule has 5 nitrogen and oxygen atoms in total. The summed E-state index contributed by atoms with van der Waals surface area (Å²) in [5, 5.41) is 6.49. The molecule has 18 heavy (non-hydrogen) atoms. The molecule has 2 N–H and O–H groups in total. The predicted molar refractivity (Wildman–Crippen MR) is 87.0 cm³/mol. The fourth-order valence-corrected chi connectivity index (χ4v) is 2.02. The van der Waals surface area contributed by atoms with Gasteiger partial charge in [-0.3, -0.25) is 4.99 Å². The van der Waals surface area contributed by atoms with Crippen molar-refractivity contribution in [2.45, 2.75) is 19.9 Å². The molecular formula is C11H21IN4OS. The van der Waals surface area contributed by atoms with Gasteiger partial charge in [-0.15, -0.1) is 35.3 Å². The number of aliphatic imine (C=N–C) groups is 1. The Labute approximate surface area is 129 Å². The van der Waals surface area contributed by atoms with Crippen LogP contribution in [-0.4, -0.2) is 38.3 Å². The third-order valence-corrected chi connectivity index (χ3v) is 3.24. The average Bonchev–Trinajstić information content (AvgIpc) is 2.74. The van der Waals surface area contributed by atoms with E-state index in [9.17, 15) is 0 Å². The van der Waals surface area contributed by atoms with E-state index in [4.69, 9.17) is 4.74 Å². The highest BCUT2D eigenvalue weighted by Crippen LogP contribution is 2.10. The fourth-order valence-electron chi connectivity index (χ4n) is 1.30. The molecule has 0 amide bonds. The minimum Gasteiger partial charge on any atom is -0.385 e. The lowest BCUT2D eigenvalue weighted by atomic mass is 10.4. The quantitative estimate of drug-likeness (QED) is 0.340. The summed E-state index contributed by atoms with van der Waals surface area (Å²) in [6.07, 6.45) is 0.969. The number of rotatable bonds is 6. The van der Waals surface area contributed by atoms with Gasteiger partial charge in [0.1, 0.15) is 0 Å². The normalized spacial score (nSPS) is 10.9. The highest BCUT2D eigenvalue weighted by molar-refractivity contribution is 14.0. The predicted octanol–water partition coefficient (Wildman–Crippen LogP) is 1.77. The summed E-state index contributed by atoms with van der Waals surface area (Å²) in [6.45, 7) is 4.40. The number of aromatic nitrogens is 1. The van der Waals surface area contributed by atoms with Crippen molar-refractivity contribution in [1.82, 2.24) is 15.6 Å². The molecule has 0 bridgehead atoms. The Morgan fingerprint density at radius 1 is 1.50 bits per heavy atom. The minimum atomic E-state index is 0. The van der Waals surface area contributed by atoms with Crippen LogP contribution >= 0.6 is 35.3 Å². The zero-order valence-corrected chi connectivity index (χ0v) is 14.2. The zero-order chi connectivity index (χ0) is 12.5. The number of thiazole rings is 1. The van der Waals surface area contributed by atoms with Crippen LogP contribution in [0.2, 0.25) is 0 Å². The van der Waals surface area contributed by atoms with Gasteiger partial charge in [0.15, 0.2) is 5.96 Å². The molecule has 0 aromatic carbocycles. The molecule has 0 saturated heterocycles. The van der Waals surface area contributed by atoms with Crippen LogP contribution in [0.25, 0.3) is 0 Å². The topological polar surface area (TPSA) is 58.5 Å². The number of halogens is 1. The Morgan fingerprint density at radius 2 is 2.28 bits per heavy atom. The molecule has 0 unspecified atom stereocenters. The van der Waals surface area contributed by atoms with Crippen molar-refractivity contribution in [3.05, 3.63) is 16.1 Å². The Bertz CT molecular complexity index is 357. The minimum absolute atomic E-state index is 0. The van der Waals surface area contributed by atoms with Gasteiger partial charge in [-0.25, -0.2) is 4.98 Å². The Hall–Kier alpha value is -0.410. The van der Waals surface area contributed by atoms with Gasteiger partial charge in [0.25, 0.3) is 0 Å². The number of hydrogen-bond donors (Lipinski definition) is 2. The molecule has 0 fully saturated rings. The molecule has 1 aromatic rings. The largest absolute Gasteiger partial charge is 0.385 e. The first-order chi connectivity index (χ1) is 8.27. The standard InChI is InChI=1S/C11H20N4OS.HI/c1-9-10(17-8-15-9)7-14-11(12-2)13-5-4-6-16-3;/h8H,4-7H2,1-3H3,(H2,12,13,14);1H. The summed E-state index contributed by atoms with van der Waals surface area (Å²) < 4.78 is 4.99. The monoisotopic (exact) mass is 384 g/mol. The molecule has 0 aliphatic heterocycles. The molecule has 1 heterocycles. The summed E-state index contributed by atoms with van der Waals surface area (Å²) in [6, 6.07) is 0. The molecule has 7 heteroatoms. The lowest BCUT2D eigenvalue weighted by Gasteiger charge is -2.11. The van der Waals surface area contributed by atoms with E-state index in [-0.39, 0.29) is 24.0 Å². The van der Waals surface area contributed by atoms with Gasteiger partial charge in [0, 0.05) is 32.2 Å². The molecule has 0 saturated carbocycles. The highest BCUT2D eigenvalue weighted by Gasteiger charge is 2.02. The third-order valence-electron chi connectivity index (χ3n) is 2.30. The van der Waals surface area contributed by atoms with Crippen molar-refractivity contribution in [2.24, 2.45) is 4.99 Å². The third kappa shape index (κ3) is 6.50. The first kappa shape index (κ1) is 17.6. The van der Waals surface area contributed by atoms with Crippen LogP contribution in [0.15, 0.2) is 10.5 Å². The first-order valence-electron chi connectivity index (χ1n) is 5.60. The Balaban J connectivity index is 0.00000289. The molecule has 0 atom stereocenters. The molecule has 1 aromatic heterocycles. The van der Waals surface area contributed by atoms with E-state index < -0.39 is 0 Å². The van der Waals surface area contributed by atoms with Crippen LogP contribution in [-0.2, 0) is 11.3 Å². The number of ether oxygens (including phenoxy) is 1. The maximum absolute atomic E-state index is 4.99. The SMILES string of the molecule is CN=C(NCCCOC)NCc1scnc1C.I. The second-order valence-corrected chi connectivity index (χ2v) is 4.50. The maximum atomic E-state index is 4.99. The van der Waals surface area contributed by atoms with Crippen LogP contribution in [0.1, 0.15) is 17.0 Å². The van der Waals surface area contributed by atoms with E-state index in [0.29, 0.717) is 0 Å². The lowest BCUT2D eigenvalue weighted by molar-refractivity contribution is 0.195. The van der Waals surface area contributed by atoms with E-state index in [2.05, 4.69) is 20.6 Å². The van der Waals surface area contributed by atoms with Crippen LogP contribution in [0.3, 0.4) is 0 Å². The molecule has 0 aliphatic carbocycles. The van der Waals surface area contributed by atoms with E-state index in [1.54, 1.807) is 25.5 Å². The van der Waals surface area contributed by atoms with Crippen LogP contribution in [0.4, 0.5) is 0 Å². The summed E-state index contributed by atoms with van der Waals surface area (Å²) in [4.78, 5) is 9.60. The van der Waals surface area contributed by atoms with Crippen LogP contribution < -0.4 is 10.6 Å². The van der Waals surface area contributed by atoms with Gasteiger partial charge in [0.2, 0.25) is 0 Å². The summed E-state index contributed by atoms with van der Waals surface area (Å²) >= 11 is 1.66. The Kier molecular flexibility index (Phi) is 10.3. The summed E-state index contributed by atoms with van der Waals surface area (Å²) in [5.74, 6) is 0.814. The molecule has 104 valence electrons. The number of aryl methyl sites for hydroxylation is 1. The fraction of sp³-hybridized carbons (Fsp3) is 0.636. The van der Waals surface area contributed by atoms with E-state index in [1.165, 1.54) is 4.88 Å². The van der Waals surface area contributed by atoms with Crippen LogP contribution in [0.5, 0.6) is 0 Å². The summed E-state index contributed by atoms with van der Waals surface area (Å²) in [7, 11) is 3.48. The molecule has 0 aliphatic rings. The Morgan fingerprint density at radius 3 is 2.83 bits per heavy atom. The number of guanidine groups is 1.